The lowest BCUT2D eigenvalue weighted by molar-refractivity contribution is 0.0581. The minimum atomic E-state index is -0.384. The van der Waals surface area contributed by atoms with Crippen molar-refractivity contribution in [1.29, 1.82) is 0 Å². The number of aliphatic hydroxyl groups is 1. The molecule has 1 aliphatic heterocycles. The van der Waals surface area contributed by atoms with Crippen molar-refractivity contribution >= 4 is 11.6 Å². The van der Waals surface area contributed by atoms with Crippen LogP contribution in [0.5, 0.6) is 0 Å². The van der Waals surface area contributed by atoms with Crippen LogP contribution < -0.4 is 0 Å². The summed E-state index contributed by atoms with van der Waals surface area (Å²) in [6.45, 7) is 3.04. The van der Waals surface area contributed by atoms with E-state index < -0.39 is 0 Å². The van der Waals surface area contributed by atoms with E-state index in [4.69, 9.17) is 11.6 Å². The maximum atomic E-state index is 10.5. The molecule has 1 N–H and O–H groups in total. The maximum Gasteiger partial charge on any atom is 0.0748 e. The van der Waals surface area contributed by atoms with E-state index in [9.17, 15) is 5.11 Å². The molecule has 3 nitrogen and oxygen atoms in total. The van der Waals surface area contributed by atoms with Gasteiger partial charge in [0.2, 0.25) is 0 Å². The fourth-order valence-electron chi connectivity index (χ4n) is 2.75. The number of halogens is 1. The van der Waals surface area contributed by atoms with E-state index in [0.717, 1.165) is 36.6 Å². The van der Waals surface area contributed by atoms with Crippen LogP contribution in [0.1, 0.15) is 12.0 Å². The summed E-state index contributed by atoms with van der Waals surface area (Å²) < 4.78 is 0. The van der Waals surface area contributed by atoms with Crippen LogP contribution in [0.2, 0.25) is 5.02 Å². The van der Waals surface area contributed by atoms with Gasteiger partial charge in [0.15, 0.2) is 0 Å². The van der Waals surface area contributed by atoms with Crippen LogP contribution in [0.4, 0.5) is 0 Å². The highest BCUT2D eigenvalue weighted by molar-refractivity contribution is 6.31. The van der Waals surface area contributed by atoms with Crippen molar-refractivity contribution in [2.75, 3.05) is 33.7 Å². The zero-order chi connectivity index (χ0) is 13.8. The second kappa shape index (κ2) is 6.71. The highest BCUT2D eigenvalue weighted by atomic mass is 35.5. The number of hydrogen-bond donors (Lipinski definition) is 1. The molecule has 1 heterocycles. The summed E-state index contributed by atoms with van der Waals surface area (Å²) in [7, 11) is 4.22. The van der Waals surface area contributed by atoms with E-state index in [0.29, 0.717) is 6.42 Å². The highest BCUT2D eigenvalue weighted by Gasteiger charge is 2.27. The summed E-state index contributed by atoms with van der Waals surface area (Å²) in [5, 5.41) is 11.3. The van der Waals surface area contributed by atoms with Crippen LogP contribution >= 0.6 is 11.6 Å². The van der Waals surface area contributed by atoms with E-state index >= 15 is 0 Å². The first-order valence-electron chi connectivity index (χ1n) is 6.88. The molecular weight excluding hydrogens is 260 g/mol. The van der Waals surface area contributed by atoms with Crippen molar-refractivity contribution in [1.82, 2.24) is 9.80 Å². The van der Waals surface area contributed by atoms with Gasteiger partial charge in [-0.15, -0.1) is 0 Å². The van der Waals surface area contributed by atoms with Gasteiger partial charge in [-0.25, -0.2) is 0 Å². The smallest absolute Gasteiger partial charge is 0.0748 e. The molecule has 2 atom stereocenters. The minimum absolute atomic E-state index is 0.170. The molecule has 4 heteroatoms. The fourth-order valence-corrected chi connectivity index (χ4v) is 2.96. The van der Waals surface area contributed by atoms with E-state index in [1.165, 1.54) is 0 Å². The van der Waals surface area contributed by atoms with Gasteiger partial charge in [-0.05, 0) is 45.2 Å². The van der Waals surface area contributed by atoms with Gasteiger partial charge in [-0.1, -0.05) is 29.8 Å². The van der Waals surface area contributed by atoms with Gasteiger partial charge < -0.3 is 10.0 Å². The van der Waals surface area contributed by atoms with E-state index in [2.05, 4.69) is 23.9 Å². The van der Waals surface area contributed by atoms with Crippen molar-refractivity contribution in [2.24, 2.45) is 0 Å². The van der Waals surface area contributed by atoms with Gasteiger partial charge >= 0.3 is 0 Å². The molecule has 106 valence electrons. The molecule has 1 fully saturated rings. The Balaban J connectivity index is 2.05. The summed E-state index contributed by atoms with van der Waals surface area (Å²) in [6, 6.07) is 7.93. The van der Waals surface area contributed by atoms with Crippen LogP contribution in [0.3, 0.4) is 0 Å². The number of rotatable bonds is 3. The number of aliphatic hydroxyl groups excluding tert-OH is 1. The Hall–Kier alpha value is -0.610. The molecule has 0 saturated carbocycles. The Morgan fingerprint density at radius 2 is 2.05 bits per heavy atom. The molecule has 0 bridgehead atoms. The largest absolute Gasteiger partial charge is 0.391 e. The third-order valence-electron chi connectivity index (χ3n) is 3.95. The number of benzene rings is 1. The topological polar surface area (TPSA) is 26.7 Å². The lowest BCUT2D eigenvalue weighted by Crippen LogP contribution is -2.47. The number of hydrogen-bond acceptors (Lipinski definition) is 3. The quantitative estimate of drug-likeness (QED) is 0.917. The van der Waals surface area contributed by atoms with Crippen LogP contribution in [0.15, 0.2) is 24.3 Å². The summed E-state index contributed by atoms with van der Waals surface area (Å²) in [5.41, 5.74) is 1.02. The number of likely N-dealkylation sites (N-methyl/N-ethyl adjacent to an activating group) is 2. The van der Waals surface area contributed by atoms with Gasteiger partial charge in [-0.3, -0.25) is 4.90 Å². The average molecular weight is 283 g/mol. The SMILES string of the molecule is CN1CCCN(C)C(C(O)Cc2ccccc2Cl)C1. The standard InChI is InChI=1S/C15H23ClN2O/c1-17-8-5-9-18(2)14(11-17)15(19)10-12-6-3-4-7-13(12)16/h3-4,6-7,14-15,19H,5,8-11H2,1-2H3. The van der Waals surface area contributed by atoms with E-state index in [1.54, 1.807) is 0 Å². The first-order chi connectivity index (χ1) is 9.08. The lowest BCUT2D eigenvalue weighted by atomic mass is 10.0. The molecule has 19 heavy (non-hydrogen) atoms. The van der Waals surface area contributed by atoms with Gasteiger partial charge in [-0.2, -0.15) is 0 Å². The summed E-state index contributed by atoms with van der Waals surface area (Å²) in [4.78, 5) is 4.56. The molecule has 2 rings (SSSR count). The first-order valence-corrected chi connectivity index (χ1v) is 7.26. The lowest BCUT2D eigenvalue weighted by Gasteiger charge is -2.31. The second-order valence-corrected chi connectivity index (χ2v) is 5.93. The zero-order valence-corrected chi connectivity index (χ0v) is 12.5. The Bertz CT molecular complexity index is 413. The molecular formula is C15H23ClN2O. The van der Waals surface area contributed by atoms with Crippen molar-refractivity contribution in [3.8, 4) is 0 Å². The normalized spacial score (nSPS) is 24.1. The zero-order valence-electron chi connectivity index (χ0n) is 11.7. The molecule has 1 saturated heterocycles. The summed E-state index contributed by atoms with van der Waals surface area (Å²) in [5.74, 6) is 0. The Morgan fingerprint density at radius 1 is 1.32 bits per heavy atom. The molecule has 0 aliphatic carbocycles. The van der Waals surface area contributed by atoms with E-state index in [-0.39, 0.29) is 12.1 Å². The molecule has 1 aromatic rings. The molecule has 1 aromatic carbocycles. The molecule has 0 aromatic heterocycles. The molecule has 0 radical (unpaired) electrons. The maximum absolute atomic E-state index is 10.5. The van der Waals surface area contributed by atoms with Gasteiger partial charge in [0.25, 0.3) is 0 Å². The third kappa shape index (κ3) is 3.93. The molecule has 2 unspecified atom stereocenters. The molecule has 0 spiro atoms. The molecule has 0 amide bonds. The van der Waals surface area contributed by atoms with Crippen LogP contribution in [0, 0.1) is 0 Å². The number of nitrogens with zero attached hydrogens (tertiary/aromatic N) is 2. The van der Waals surface area contributed by atoms with Gasteiger partial charge in [0.05, 0.1) is 6.10 Å². The minimum Gasteiger partial charge on any atom is -0.391 e. The van der Waals surface area contributed by atoms with Crippen molar-refractivity contribution in [3.63, 3.8) is 0 Å². The Morgan fingerprint density at radius 3 is 2.79 bits per heavy atom. The molecule has 1 aliphatic rings. The Kier molecular flexibility index (Phi) is 5.22. The predicted molar refractivity (Wildman–Crippen MR) is 79.7 cm³/mol. The van der Waals surface area contributed by atoms with Gasteiger partial charge in [0.1, 0.15) is 0 Å². The van der Waals surface area contributed by atoms with Crippen molar-refractivity contribution in [3.05, 3.63) is 34.9 Å². The van der Waals surface area contributed by atoms with Gasteiger partial charge in [0, 0.05) is 24.0 Å². The van der Waals surface area contributed by atoms with Crippen molar-refractivity contribution < 1.29 is 5.11 Å². The van der Waals surface area contributed by atoms with Crippen LogP contribution in [-0.4, -0.2) is 60.8 Å². The third-order valence-corrected chi connectivity index (χ3v) is 4.32. The van der Waals surface area contributed by atoms with Crippen molar-refractivity contribution in [2.45, 2.75) is 25.0 Å². The summed E-state index contributed by atoms with van der Waals surface area (Å²) in [6.07, 6.45) is 1.38. The predicted octanol–water partition coefficient (Wildman–Crippen LogP) is 1.88. The Labute approximate surface area is 120 Å². The van der Waals surface area contributed by atoms with Crippen LogP contribution in [0.25, 0.3) is 0 Å². The van der Waals surface area contributed by atoms with Crippen LogP contribution in [-0.2, 0) is 6.42 Å². The fraction of sp³-hybridized carbons (Fsp3) is 0.600. The average Bonchev–Trinajstić information content (AvgIpc) is 2.54. The first kappa shape index (κ1) is 14.8. The summed E-state index contributed by atoms with van der Waals surface area (Å²) >= 11 is 6.17. The van der Waals surface area contributed by atoms with E-state index in [1.807, 2.05) is 24.3 Å². The second-order valence-electron chi connectivity index (χ2n) is 5.53. The monoisotopic (exact) mass is 282 g/mol. The highest BCUT2D eigenvalue weighted by Crippen LogP contribution is 2.20.